The molecule has 0 bridgehead atoms. The largest absolute Gasteiger partial charge is 0.415 e. The van der Waals surface area contributed by atoms with Gasteiger partial charge in [-0.15, -0.1) is 0 Å². The van der Waals surface area contributed by atoms with Crippen molar-refractivity contribution in [3.63, 3.8) is 0 Å². The number of rotatable bonds is 12. The minimum atomic E-state index is -1.91. The predicted octanol–water partition coefficient (Wildman–Crippen LogP) is 4.88. The standard InChI is InChI=1S/C18H46O5Si4/c1-15(21-25(5,6)7)17(22-26(8,9)10)18(23-27(11,12)13)16(19)14-20-24(2,3)4/h15-19H,14H2,1-13H3/t15-,16+,17+,18+/m0/s1. The quantitative estimate of drug-likeness (QED) is 0.426. The maximum Gasteiger partial charge on any atom is 0.184 e. The molecule has 0 heterocycles. The number of hydrogen-bond donors (Lipinski definition) is 1. The molecule has 5 nitrogen and oxygen atoms in total. The first kappa shape index (κ1) is 27.7. The topological polar surface area (TPSA) is 57.2 Å². The summed E-state index contributed by atoms with van der Waals surface area (Å²) in [5.74, 6) is 0. The van der Waals surface area contributed by atoms with Crippen LogP contribution in [0.1, 0.15) is 6.92 Å². The number of aliphatic hydroxyl groups excluding tert-OH is 1. The summed E-state index contributed by atoms with van der Waals surface area (Å²) in [6.07, 6.45) is -1.65. The molecule has 0 saturated carbocycles. The molecule has 0 unspecified atom stereocenters. The fourth-order valence-electron chi connectivity index (χ4n) is 2.67. The smallest absolute Gasteiger partial charge is 0.184 e. The van der Waals surface area contributed by atoms with E-state index in [1.54, 1.807) is 0 Å². The molecule has 0 aliphatic heterocycles. The van der Waals surface area contributed by atoms with Gasteiger partial charge < -0.3 is 22.8 Å². The lowest BCUT2D eigenvalue weighted by molar-refractivity contribution is -0.0892. The Hall–Kier alpha value is 0.668. The summed E-state index contributed by atoms with van der Waals surface area (Å²) in [5, 5.41) is 11.0. The summed E-state index contributed by atoms with van der Waals surface area (Å²) in [5.41, 5.74) is 0. The highest BCUT2D eigenvalue weighted by atomic mass is 28.4. The average molecular weight is 455 g/mol. The van der Waals surface area contributed by atoms with Crippen LogP contribution >= 0.6 is 0 Å². The first-order valence-corrected chi connectivity index (χ1v) is 23.7. The Morgan fingerprint density at radius 1 is 0.593 bits per heavy atom. The van der Waals surface area contributed by atoms with Gasteiger partial charge in [-0.1, -0.05) is 0 Å². The van der Waals surface area contributed by atoms with Crippen LogP contribution in [0.2, 0.25) is 78.6 Å². The van der Waals surface area contributed by atoms with E-state index in [1.165, 1.54) is 0 Å². The minimum Gasteiger partial charge on any atom is -0.415 e. The first-order valence-electron chi connectivity index (χ1n) is 10.1. The minimum absolute atomic E-state index is 0.147. The summed E-state index contributed by atoms with van der Waals surface area (Å²) in [6, 6.07) is 0. The molecule has 0 fully saturated rings. The van der Waals surface area contributed by atoms with Crippen molar-refractivity contribution >= 4 is 33.3 Å². The van der Waals surface area contributed by atoms with E-state index in [1.807, 2.05) is 0 Å². The van der Waals surface area contributed by atoms with Gasteiger partial charge in [-0.3, -0.25) is 0 Å². The maximum absolute atomic E-state index is 11.0. The monoisotopic (exact) mass is 454 g/mol. The third-order valence-electron chi connectivity index (χ3n) is 3.37. The molecule has 0 saturated heterocycles. The van der Waals surface area contributed by atoms with E-state index in [9.17, 15) is 5.11 Å². The Morgan fingerprint density at radius 3 is 1.30 bits per heavy atom. The van der Waals surface area contributed by atoms with Gasteiger partial charge in [0.1, 0.15) is 12.2 Å². The molecule has 0 aromatic heterocycles. The van der Waals surface area contributed by atoms with Gasteiger partial charge in [0.05, 0.1) is 18.8 Å². The van der Waals surface area contributed by atoms with Crippen molar-refractivity contribution in [2.45, 2.75) is 110 Å². The lowest BCUT2D eigenvalue weighted by atomic mass is 10.0. The van der Waals surface area contributed by atoms with Crippen LogP contribution in [-0.2, 0) is 17.7 Å². The Labute approximate surface area is 172 Å². The molecule has 0 aliphatic rings. The van der Waals surface area contributed by atoms with Crippen LogP contribution in [0.25, 0.3) is 0 Å². The Morgan fingerprint density at radius 2 is 0.963 bits per heavy atom. The normalized spacial score (nSPS) is 18.9. The fourth-order valence-corrected chi connectivity index (χ4v) is 6.84. The summed E-state index contributed by atoms with van der Waals surface area (Å²) in [6.45, 7) is 28.1. The predicted molar refractivity (Wildman–Crippen MR) is 126 cm³/mol. The van der Waals surface area contributed by atoms with Gasteiger partial charge in [0, 0.05) is 0 Å². The van der Waals surface area contributed by atoms with Crippen LogP contribution in [-0.4, -0.2) is 69.4 Å². The molecule has 0 spiro atoms. The molecule has 0 aromatic carbocycles. The molecule has 27 heavy (non-hydrogen) atoms. The average Bonchev–Trinajstić information content (AvgIpc) is 2.34. The van der Waals surface area contributed by atoms with Gasteiger partial charge in [0.2, 0.25) is 0 Å². The molecule has 1 N–H and O–H groups in total. The van der Waals surface area contributed by atoms with Crippen molar-refractivity contribution in [2.75, 3.05) is 6.61 Å². The van der Waals surface area contributed by atoms with E-state index < -0.39 is 45.5 Å². The Bertz CT molecular complexity index is 435. The maximum atomic E-state index is 11.0. The first-order chi connectivity index (χ1) is 11.7. The van der Waals surface area contributed by atoms with Crippen molar-refractivity contribution in [3.8, 4) is 0 Å². The van der Waals surface area contributed by atoms with Crippen LogP contribution in [0.3, 0.4) is 0 Å². The molecule has 4 atom stereocenters. The molecular weight excluding hydrogens is 409 g/mol. The van der Waals surface area contributed by atoms with Crippen LogP contribution in [0.15, 0.2) is 0 Å². The van der Waals surface area contributed by atoms with Gasteiger partial charge in [-0.2, -0.15) is 0 Å². The Balaban J connectivity index is 5.72. The fraction of sp³-hybridized carbons (Fsp3) is 1.00. The number of hydrogen-bond acceptors (Lipinski definition) is 5. The van der Waals surface area contributed by atoms with Gasteiger partial charge in [-0.25, -0.2) is 0 Å². The van der Waals surface area contributed by atoms with E-state index in [0.717, 1.165) is 0 Å². The molecule has 9 heteroatoms. The van der Waals surface area contributed by atoms with E-state index in [-0.39, 0.29) is 18.8 Å². The van der Waals surface area contributed by atoms with Crippen molar-refractivity contribution in [3.05, 3.63) is 0 Å². The second kappa shape index (κ2) is 10.1. The molecule has 0 aliphatic carbocycles. The van der Waals surface area contributed by atoms with Crippen molar-refractivity contribution in [1.29, 1.82) is 0 Å². The second-order valence-electron chi connectivity index (χ2n) is 11.3. The van der Waals surface area contributed by atoms with E-state index in [2.05, 4.69) is 85.5 Å². The zero-order valence-electron chi connectivity index (χ0n) is 20.1. The van der Waals surface area contributed by atoms with Crippen LogP contribution in [0.4, 0.5) is 0 Å². The second-order valence-corrected chi connectivity index (χ2v) is 29.2. The molecule has 0 rings (SSSR count). The SMILES string of the molecule is C[C@H](O[Si](C)(C)C)[C@@H](O[Si](C)(C)C)[C@H](O[Si](C)(C)C)[C@H](O)CO[Si](C)(C)C. The van der Waals surface area contributed by atoms with Crippen LogP contribution in [0.5, 0.6) is 0 Å². The Kier molecular flexibility index (Phi) is 10.4. The van der Waals surface area contributed by atoms with Crippen LogP contribution in [0, 0.1) is 0 Å². The zero-order chi connectivity index (χ0) is 21.8. The highest BCUT2D eigenvalue weighted by Crippen LogP contribution is 2.25. The highest BCUT2D eigenvalue weighted by Gasteiger charge is 2.41. The summed E-state index contributed by atoms with van der Waals surface area (Å²) >= 11 is 0. The van der Waals surface area contributed by atoms with Gasteiger partial charge in [0.15, 0.2) is 33.3 Å². The van der Waals surface area contributed by atoms with Crippen LogP contribution < -0.4 is 0 Å². The lowest BCUT2D eigenvalue weighted by Gasteiger charge is -2.42. The molecule has 0 aromatic rings. The molecule has 0 radical (unpaired) electrons. The van der Waals surface area contributed by atoms with Crippen molar-refractivity contribution in [2.24, 2.45) is 0 Å². The van der Waals surface area contributed by atoms with Crippen molar-refractivity contribution in [1.82, 2.24) is 0 Å². The summed E-state index contributed by atoms with van der Waals surface area (Å²) in [4.78, 5) is 0. The third kappa shape index (κ3) is 14.3. The third-order valence-corrected chi connectivity index (χ3v) is 7.44. The molecule has 164 valence electrons. The van der Waals surface area contributed by atoms with E-state index >= 15 is 0 Å². The molecular formula is C18H46O5Si4. The van der Waals surface area contributed by atoms with Gasteiger partial charge in [0.25, 0.3) is 0 Å². The van der Waals surface area contributed by atoms with E-state index in [4.69, 9.17) is 17.7 Å². The van der Waals surface area contributed by atoms with Gasteiger partial charge in [-0.05, 0) is 85.5 Å². The highest BCUT2D eigenvalue weighted by molar-refractivity contribution is 6.71. The number of aliphatic hydroxyl groups is 1. The van der Waals surface area contributed by atoms with Gasteiger partial charge >= 0.3 is 0 Å². The zero-order valence-corrected chi connectivity index (χ0v) is 24.1. The molecule has 0 amide bonds. The van der Waals surface area contributed by atoms with Crippen molar-refractivity contribution < 1.29 is 22.8 Å². The summed E-state index contributed by atoms with van der Waals surface area (Å²) < 4.78 is 25.4. The summed E-state index contributed by atoms with van der Waals surface area (Å²) in [7, 11) is -7.28. The van der Waals surface area contributed by atoms with E-state index in [0.29, 0.717) is 0 Å². The lowest BCUT2D eigenvalue weighted by Crippen LogP contribution is -2.57.